The fourth-order valence-corrected chi connectivity index (χ4v) is 3.34. The average Bonchev–Trinajstić information content (AvgIpc) is 3.14. The van der Waals surface area contributed by atoms with Crippen LogP contribution in [0.1, 0.15) is 34.8 Å². The van der Waals surface area contributed by atoms with Crippen LogP contribution in [0.4, 0.5) is 0 Å². The second-order valence-electron chi connectivity index (χ2n) is 5.27. The topological polar surface area (TPSA) is 56.5 Å². The lowest BCUT2D eigenvalue weighted by Gasteiger charge is -2.06. The van der Waals surface area contributed by atoms with Gasteiger partial charge in [-0.2, -0.15) is 5.10 Å². The molecule has 1 aliphatic rings. The molecule has 0 radical (unpaired) electrons. The van der Waals surface area contributed by atoms with E-state index in [1.54, 1.807) is 10.0 Å². The average molecular weight is 334 g/mol. The molecule has 5 nitrogen and oxygen atoms in total. The van der Waals surface area contributed by atoms with Crippen LogP contribution in [0.15, 0.2) is 23.0 Å². The summed E-state index contributed by atoms with van der Waals surface area (Å²) in [4.78, 5) is 16.2. The second kappa shape index (κ2) is 5.07. The van der Waals surface area contributed by atoms with Gasteiger partial charge in [-0.3, -0.25) is 0 Å². The Morgan fingerprint density at radius 3 is 2.91 bits per heavy atom. The molecule has 0 aromatic carbocycles. The highest BCUT2D eigenvalue weighted by atomic mass is 35.5. The molecular weight excluding hydrogens is 322 g/mol. The van der Waals surface area contributed by atoms with Crippen molar-refractivity contribution in [2.24, 2.45) is 0 Å². The van der Waals surface area contributed by atoms with Crippen LogP contribution in [0.5, 0.6) is 0 Å². The Morgan fingerprint density at radius 2 is 2.27 bits per heavy atom. The lowest BCUT2D eigenvalue weighted by atomic mass is 10.1. The van der Waals surface area contributed by atoms with Gasteiger partial charge in [0.2, 0.25) is 0 Å². The number of ether oxygens (including phenoxy) is 1. The number of pyridine rings is 1. The molecule has 7 heteroatoms. The molecule has 0 saturated heterocycles. The van der Waals surface area contributed by atoms with Crippen LogP contribution >= 0.6 is 22.9 Å². The first kappa shape index (κ1) is 13.7. The molecule has 0 unspecified atom stereocenters. The molecule has 3 aromatic heterocycles. The maximum absolute atomic E-state index is 11.8. The number of carbonyl (C=O) groups is 1. The zero-order chi connectivity index (χ0) is 15.3. The molecule has 1 saturated carbocycles. The number of esters is 1. The highest BCUT2D eigenvalue weighted by Crippen LogP contribution is 2.42. The number of nitrogens with zero attached hydrogens (tertiary/aromatic N) is 3. The number of hydrogen-bond donors (Lipinski definition) is 0. The standard InChI is InChI=1S/C15H12ClN3O2S/c1-21-15(20)14-13(16)12-5-9(8-2-3-8)4-11(19(12)18-14)10-6-22-7-17-10/h4-8H,2-3H2,1H3. The first-order valence-corrected chi connectivity index (χ1v) is 8.20. The van der Waals surface area contributed by atoms with Crippen LogP contribution in [0.3, 0.4) is 0 Å². The molecule has 0 bridgehead atoms. The SMILES string of the molecule is COC(=O)c1nn2c(-c3cscn3)cc(C3CC3)cc2c1Cl. The number of methoxy groups -OCH3 is 1. The highest BCUT2D eigenvalue weighted by molar-refractivity contribution is 7.07. The van der Waals surface area contributed by atoms with Gasteiger partial charge >= 0.3 is 5.97 Å². The van der Waals surface area contributed by atoms with Gasteiger partial charge in [-0.25, -0.2) is 14.3 Å². The van der Waals surface area contributed by atoms with Gasteiger partial charge in [0.25, 0.3) is 0 Å². The molecular formula is C15H12ClN3O2S. The third kappa shape index (κ3) is 2.10. The molecule has 1 aliphatic carbocycles. The quantitative estimate of drug-likeness (QED) is 0.684. The van der Waals surface area contributed by atoms with Crippen LogP contribution < -0.4 is 0 Å². The van der Waals surface area contributed by atoms with Crippen molar-refractivity contribution < 1.29 is 9.53 Å². The Kier molecular flexibility index (Phi) is 3.16. The number of aromatic nitrogens is 3. The summed E-state index contributed by atoms with van der Waals surface area (Å²) in [5.74, 6) is 0.0285. The summed E-state index contributed by atoms with van der Waals surface area (Å²) < 4.78 is 6.43. The molecule has 22 heavy (non-hydrogen) atoms. The molecule has 0 spiro atoms. The predicted octanol–water partition coefficient (Wildman–Crippen LogP) is 3.78. The first-order chi connectivity index (χ1) is 10.7. The molecule has 0 atom stereocenters. The minimum absolute atomic E-state index is 0.133. The van der Waals surface area contributed by atoms with Crippen molar-refractivity contribution in [2.45, 2.75) is 18.8 Å². The molecule has 1 fully saturated rings. The summed E-state index contributed by atoms with van der Waals surface area (Å²) in [6.45, 7) is 0. The molecule has 0 N–H and O–H groups in total. The Morgan fingerprint density at radius 1 is 1.45 bits per heavy atom. The predicted molar refractivity (Wildman–Crippen MR) is 84.6 cm³/mol. The van der Waals surface area contributed by atoms with Gasteiger partial charge in [0.05, 0.1) is 29.5 Å². The van der Waals surface area contributed by atoms with Crippen LogP contribution in [0.25, 0.3) is 16.9 Å². The minimum atomic E-state index is -0.536. The lowest BCUT2D eigenvalue weighted by molar-refractivity contribution is 0.0594. The smallest absolute Gasteiger partial charge is 0.360 e. The monoisotopic (exact) mass is 333 g/mol. The molecule has 112 valence electrons. The zero-order valence-corrected chi connectivity index (χ0v) is 13.3. The van der Waals surface area contributed by atoms with Crippen molar-refractivity contribution in [3.05, 3.63) is 39.3 Å². The van der Waals surface area contributed by atoms with Gasteiger partial charge in [-0.15, -0.1) is 11.3 Å². The summed E-state index contributed by atoms with van der Waals surface area (Å²) in [5, 5.41) is 6.62. The van der Waals surface area contributed by atoms with Crippen molar-refractivity contribution in [3.8, 4) is 11.4 Å². The highest BCUT2D eigenvalue weighted by Gasteiger charge is 2.27. The van der Waals surface area contributed by atoms with Crippen molar-refractivity contribution in [1.29, 1.82) is 0 Å². The Bertz CT molecular complexity index is 869. The molecule has 0 aliphatic heterocycles. The van der Waals surface area contributed by atoms with Crippen LogP contribution in [-0.2, 0) is 4.74 Å². The number of carbonyl (C=O) groups excluding carboxylic acids is 1. The maximum Gasteiger partial charge on any atom is 0.360 e. The number of hydrogen-bond acceptors (Lipinski definition) is 5. The van der Waals surface area contributed by atoms with Gasteiger partial charge in [-0.1, -0.05) is 11.6 Å². The van der Waals surface area contributed by atoms with E-state index in [1.807, 2.05) is 11.4 Å². The fourth-order valence-electron chi connectivity index (χ4n) is 2.54. The Hall–Kier alpha value is -1.92. The van der Waals surface area contributed by atoms with Crippen LogP contribution in [-0.4, -0.2) is 27.7 Å². The number of halogens is 1. The second-order valence-corrected chi connectivity index (χ2v) is 6.37. The summed E-state index contributed by atoms with van der Waals surface area (Å²) in [6, 6.07) is 4.10. The zero-order valence-electron chi connectivity index (χ0n) is 11.7. The van der Waals surface area contributed by atoms with Gasteiger partial charge in [-0.05, 0) is 36.5 Å². The van der Waals surface area contributed by atoms with E-state index in [0.717, 1.165) is 16.9 Å². The third-order valence-electron chi connectivity index (χ3n) is 3.82. The number of thiazole rings is 1. The van der Waals surface area contributed by atoms with Crippen molar-refractivity contribution in [2.75, 3.05) is 7.11 Å². The molecule has 4 rings (SSSR count). The molecule has 3 heterocycles. The minimum Gasteiger partial charge on any atom is -0.464 e. The molecule has 0 amide bonds. The van der Waals surface area contributed by atoms with Crippen molar-refractivity contribution in [3.63, 3.8) is 0 Å². The van der Waals surface area contributed by atoms with E-state index in [-0.39, 0.29) is 5.69 Å². The number of fused-ring (bicyclic) bond motifs is 1. The van der Waals surface area contributed by atoms with E-state index in [0.29, 0.717) is 10.9 Å². The fraction of sp³-hybridized carbons (Fsp3) is 0.267. The van der Waals surface area contributed by atoms with E-state index >= 15 is 0 Å². The number of rotatable bonds is 3. The van der Waals surface area contributed by atoms with Gasteiger partial charge in [0, 0.05) is 5.38 Å². The summed E-state index contributed by atoms with van der Waals surface area (Å²) in [7, 11) is 1.32. The summed E-state index contributed by atoms with van der Waals surface area (Å²) in [6.07, 6.45) is 2.37. The largest absolute Gasteiger partial charge is 0.464 e. The first-order valence-electron chi connectivity index (χ1n) is 6.88. The lowest BCUT2D eigenvalue weighted by Crippen LogP contribution is -2.03. The molecule has 3 aromatic rings. The normalized spacial score (nSPS) is 14.5. The van der Waals surface area contributed by atoms with E-state index in [1.165, 1.54) is 36.9 Å². The van der Waals surface area contributed by atoms with Crippen LogP contribution in [0, 0.1) is 0 Å². The van der Waals surface area contributed by atoms with Crippen molar-refractivity contribution in [1.82, 2.24) is 14.6 Å². The summed E-state index contributed by atoms with van der Waals surface area (Å²) in [5.41, 5.74) is 5.51. The van der Waals surface area contributed by atoms with E-state index < -0.39 is 5.97 Å². The van der Waals surface area contributed by atoms with Gasteiger partial charge < -0.3 is 4.74 Å². The maximum atomic E-state index is 11.8. The van der Waals surface area contributed by atoms with E-state index in [4.69, 9.17) is 16.3 Å². The van der Waals surface area contributed by atoms with Gasteiger partial charge in [0.15, 0.2) is 5.69 Å². The third-order valence-corrected chi connectivity index (χ3v) is 4.78. The van der Waals surface area contributed by atoms with Crippen LogP contribution in [0.2, 0.25) is 5.02 Å². The van der Waals surface area contributed by atoms with Gasteiger partial charge in [0.1, 0.15) is 5.02 Å². The Labute approximate surface area is 135 Å². The van der Waals surface area contributed by atoms with Crippen molar-refractivity contribution >= 4 is 34.4 Å². The van der Waals surface area contributed by atoms with E-state index in [9.17, 15) is 4.79 Å². The van der Waals surface area contributed by atoms with E-state index in [2.05, 4.69) is 16.1 Å². The summed E-state index contributed by atoms with van der Waals surface area (Å²) >= 11 is 7.88. The Balaban J connectivity index is 2.01.